The van der Waals surface area contributed by atoms with Crippen LogP contribution in [-0.4, -0.2) is 23.2 Å². The number of hydrogen-bond acceptors (Lipinski definition) is 3. The fourth-order valence-corrected chi connectivity index (χ4v) is 5.20. The Morgan fingerprint density at radius 1 is 1.12 bits per heavy atom. The minimum absolute atomic E-state index is 0.234. The lowest BCUT2D eigenvalue weighted by molar-refractivity contribution is 0.414. The Hall–Kier alpha value is -0.280. The van der Waals surface area contributed by atoms with Crippen LogP contribution < -0.4 is 4.74 Å². The zero-order valence-electron chi connectivity index (χ0n) is 10.0. The Morgan fingerprint density at radius 2 is 1.69 bits per heavy atom. The maximum atomic E-state index is 5.20. The van der Waals surface area contributed by atoms with E-state index in [1.165, 1.54) is 17.1 Å². The van der Waals surface area contributed by atoms with E-state index in [1.807, 2.05) is 0 Å². The molecule has 3 heteroatoms. The van der Waals surface area contributed by atoms with Crippen molar-refractivity contribution in [3.05, 3.63) is 29.8 Å². The molecule has 1 heterocycles. The Bertz CT molecular complexity index is 339. The van der Waals surface area contributed by atoms with Gasteiger partial charge in [-0.25, -0.2) is 0 Å². The van der Waals surface area contributed by atoms with Gasteiger partial charge in [0.05, 0.1) is 11.7 Å². The van der Waals surface area contributed by atoms with Crippen LogP contribution in [0.5, 0.6) is 5.75 Å². The second-order valence-electron chi connectivity index (χ2n) is 4.52. The number of benzene rings is 1. The van der Waals surface area contributed by atoms with Crippen molar-refractivity contribution in [3.8, 4) is 5.75 Å². The van der Waals surface area contributed by atoms with Gasteiger partial charge in [0.15, 0.2) is 0 Å². The van der Waals surface area contributed by atoms with Crippen molar-refractivity contribution in [1.29, 1.82) is 0 Å². The molecule has 1 aromatic rings. The summed E-state index contributed by atoms with van der Waals surface area (Å²) in [6, 6.07) is 8.50. The third kappa shape index (κ3) is 2.35. The van der Waals surface area contributed by atoms with E-state index in [9.17, 15) is 0 Å². The van der Waals surface area contributed by atoms with Gasteiger partial charge in [0.25, 0.3) is 0 Å². The standard InChI is InChI=1S/C13H18OS2/c1-13(2,12-15-8-9-16-12)10-4-6-11(14-3)7-5-10/h4-7,12H,8-9H2,1-3H3. The molecule has 1 saturated heterocycles. The first-order valence-electron chi connectivity index (χ1n) is 5.52. The van der Waals surface area contributed by atoms with Crippen molar-refractivity contribution >= 4 is 23.5 Å². The number of hydrogen-bond donors (Lipinski definition) is 0. The van der Waals surface area contributed by atoms with Crippen molar-refractivity contribution in [2.24, 2.45) is 0 Å². The van der Waals surface area contributed by atoms with Crippen molar-refractivity contribution in [2.75, 3.05) is 18.6 Å². The highest BCUT2D eigenvalue weighted by Crippen LogP contribution is 2.45. The van der Waals surface area contributed by atoms with E-state index in [4.69, 9.17) is 4.74 Å². The van der Waals surface area contributed by atoms with Crippen LogP contribution in [0, 0.1) is 0 Å². The van der Waals surface area contributed by atoms with Gasteiger partial charge in [-0.2, -0.15) is 0 Å². The van der Waals surface area contributed by atoms with E-state index in [0.29, 0.717) is 4.58 Å². The van der Waals surface area contributed by atoms with Crippen LogP contribution in [0.3, 0.4) is 0 Å². The first-order valence-corrected chi connectivity index (χ1v) is 7.62. The fraction of sp³-hybridized carbons (Fsp3) is 0.538. The minimum atomic E-state index is 0.234. The summed E-state index contributed by atoms with van der Waals surface area (Å²) in [5.41, 5.74) is 1.64. The molecule has 0 spiro atoms. The Labute approximate surface area is 106 Å². The molecular formula is C13H18OS2. The molecule has 1 aromatic carbocycles. The highest BCUT2D eigenvalue weighted by atomic mass is 32.2. The third-order valence-electron chi connectivity index (χ3n) is 3.05. The van der Waals surface area contributed by atoms with Crippen LogP contribution in [0.1, 0.15) is 19.4 Å². The SMILES string of the molecule is COc1ccc(C(C)(C)C2SCCS2)cc1. The van der Waals surface area contributed by atoms with Gasteiger partial charge in [0.2, 0.25) is 0 Å². The van der Waals surface area contributed by atoms with Crippen molar-refractivity contribution < 1.29 is 4.74 Å². The van der Waals surface area contributed by atoms with Crippen LogP contribution in [-0.2, 0) is 5.41 Å². The monoisotopic (exact) mass is 254 g/mol. The molecule has 88 valence electrons. The molecule has 0 N–H and O–H groups in total. The van der Waals surface area contributed by atoms with E-state index in [0.717, 1.165) is 5.75 Å². The van der Waals surface area contributed by atoms with E-state index < -0.39 is 0 Å². The lowest BCUT2D eigenvalue weighted by Gasteiger charge is -2.31. The first-order chi connectivity index (χ1) is 7.64. The van der Waals surface area contributed by atoms with Gasteiger partial charge in [-0.3, -0.25) is 0 Å². The number of ether oxygens (including phenoxy) is 1. The largest absolute Gasteiger partial charge is 0.497 e. The number of rotatable bonds is 3. The summed E-state index contributed by atoms with van der Waals surface area (Å²) in [4.78, 5) is 0. The van der Waals surface area contributed by atoms with Gasteiger partial charge in [0.1, 0.15) is 5.75 Å². The Balaban J connectivity index is 2.20. The molecule has 0 atom stereocenters. The zero-order valence-corrected chi connectivity index (χ0v) is 11.7. The molecule has 0 bridgehead atoms. The maximum absolute atomic E-state index is 5.20. The average molecular weight is 254 g/mol. The zero-order chi connectivity index (χ0) is 11.6. The van der Waals surface area contributed by atoms with E-state index in [1.54, 1.807) is 7.11 Å². The Morgan fingerprint density at radius 3 is 2.19 bits per heavy atom. The summed E-state index contributed by atoms with van der Waals surface area (Å²) in [7, 11) is 1.71. The summed E-state index contributed by atoms with van der Waals surface area (Å²) in [5, 5.41) is 0. The van der Waals surface area contributed by atoms with E-state index >= 15 is 0 Å². The van der Waals surface area contributed by atoms with Crippen LogP contribution in [0.2, 0.25) is 0 Å². The molecule has 0 unspecified atom stereocenters. The second kappa shape index (κ2) is 4.92. The highest BCUT2D eigenvalue weighted by molar-refractivity contribution is 8.20. The van der Waals surface area contributed by atoms with Crippen LogP contribution >= 0.6 is 23.5 Å². The second-order valence-corrected chi connectivity index (χ2v) is 7.25. The van der Waals surface area contributed by atoms with Gasteiger partial charge >= 0.3 is 0 Å². The molecule has 0 saturated carbocycles. The molecule has 1 aliphatic rings. The molecule has 0 aromatic heterocycles. The number of methoxy groups -OCH3 is 1. The van der Waals surface area contributed by atoms with E-state index in [2.05, 4.69) is 61.6 Å². The van der Waals surface area contributed by atoms with Gasteiger partial charge in [-0.1, -0.05) is 26.0 Å². The van der Waals surface area contributed by atoms with Crippen molar-refractivity contribution in [1.82, 2.24) is 0 Å². The lowest BCUT2D eigenvalue weighted by Crippen LogP contribution is -2.27. The summed E-state index contributed by atoms with van der Waals surface area (Å²) in [5.74, 6) is 3.51. The maximum Gasteiger partial charge on any atom is 0.118 e. The van der Waals surface area contributed by atoms with E-state index in [-0.39, 0.29) is 5.41 Å². The smallest absolute Gasteiger partial charge is 0.118 e. The van der Waals surface area contributed by atoms with Crippen LogP contribution in [0.15, 0.2) is 24.3 Å². The predicted octanol–water partition coefficient (Wildman–Crippen LogP) is 3.78. The highest BCUT2D eigenvalue weighted by Gasteiger charge is 2.34. The minimum Gasteiger partial charge on any atom is -0.497 e. The summed E-state index contributed by atoms with van der Waals surface area (Å²) in [6.45, 7) is 4.68. The third-order valence-corrected chi connectivity index (χ3v) is 6.78. The lowest BCUT2D eigenvalue weighted by atomic mass is 9.86. The molecule has 16 heavy (non-hydrogen) atoms. The van der Waals surface area contributed by atoms with Gasteiger partial charge in [0, 0.05) is 16.9 Å². The van der Waals surface area contributed by atoms with Gasteiger partial charge < -0.3 is 4.74 Å². The normalized spacial score (nSPS) is 17.7. The summed E-state index contributed by atoms with van der Waals surface area (Å²) >= 11 is 4.17. The van der Waals surface area contributed by atoms with Crippen LogP contribution in [0.25, 0.3) is 0 Å². The topological polar surface area (TPSA) is 9.23 Å². The Kier molecular flexibility index (Phi) is 3.75. The quantitative estimate of drug-likeness (QED) is 0.812. The molecule has 2 rings (SSSR count). The van der Waals surface area contributed by atoms with Gasteiger partial charge in [-0.15, -0.1) is 23.5 Å². The molecule has 1 nitrogen and oxygen atoms in total. The fourth-order valence-electron chi connectivity index (χ4n) is 1.93. The van der Waals surface area contributed by atoms with Gasteiger partial charge in [-0.05, 0) is 17.7 Å². The van der Waals surface area contributed by atoms with Crippen molar-refractivity contribution in [3.63, 3.8) is 0 Å². The summed E-state index contributed by atoms with van der Waals surface area (Å²) in [6.07, 6.45) is 0. The average Bonchev–Trinajstić information content (AvgIpc) is 2.83. The number of thioether (sulfide) groups is 2. The van der Waals surface area contributed by atoms with Crippen LogP contribution in [0.4, 0.5) is 0 Å². The molecule has 0 amide bonds. The first kappa shape index (κ1) is 12.2. The molecule has 1 fully saturated rings. The molecule has 1 aliphatic heterocycles. The predicted molar refractivity (Wildman–Crippen MR) is 74.7 cm³/mol. The molecular weight excluding hydrogens is 236 g/mol. The molecule has 0 radical (unpaired) electrons. The summed E-state index contributed by atoms with van der Waals surface area (Å²) < 4.78 is 5.88. The van der Waals surface area contributed by atoms with Crippen molar-refractivity contribution in [2.45, 2.75) is 23.8 Å². The molecule has 0 aliphatic carbocycles.